The lowest BCUT2D eigenvalue weighted by Gasteiger charge is -2.29. The van der Waals surface area contributed by atoms with Crippen molar-refractivity contribution in [2.24, 2.45) is 5.14 Å². The molecule has 0 aliphatic heterocycles. The molecular formula is C24H20Cl2N2O4S2. The molecule has 4 rings (SSSR count). The molecule has 0 fully saturated rings. The highest BCUT2D eigenvalue weighted by Crippen LogP contribution is 2.44. The first-order valence-corrected chi connectivity index (χ1v) is 13.8. The van der Waals surface area contributed by atoms with Gasteiger partial charge in [0.2, 0.25) is 10.0 Å². The zero-order valence-corrected chi connectivity index (χ0v) is 21.3. The number of para-hydroxylation sites is 2. The fraction of sp³-hybridized carbons (Fsp3) is 0.0833. The van der Waals surface area contributed by atoms with Gasteiger partial charge in [0.05, 0.1) is 31.2 Å². The molecule has 0 heterocycles. The lowest BCUT2D eigenvalue weighted by atomic mass is 10.1. The maximum atomic E-state index is 14.4. The van der Waals surface area contributed by atoms with Crippen LogP contribution in [0.2, 0.25) is 10.0 Å². The molecule has 0 atom stereocenters. The number of sulfonamides is 2. The van der Waals surface area contributed by atoms with Gasteiger partial charge in [-0.3, -0.25) is 0 Å². The van der Waals surface area contributed by atoms with E-state index < -0.39 is 20.0 Å². The van der Waals surface area contributed by atoms with Crippen LogP contribution in [0.5, 0.6) is 0 Å². The van der Waals surface area contributed by atoms with Crippen molar-refractivity contribution in [1.29, 1.82) is 0 Å². The van der Waals surface area contributed by atoms with Crippen molar-refractivity contribution in [1.82, 2.24) is 0 Å². The Balaban J connectivity index is 2.17. The quantitative estimate of drug-likeness (QED) is 0.342. The fourth-order valence-corrected chi connectivity index (χ4v) is 7.10. The Bertz CT molecular complexity index is 1560. The Hall–Kier alpha value is -2.62. The van der Waals surface area contributed by atoms with Gasteiger partial charge in [0.25, 0.3) is 10.0 Å². The van der Waals surface area contributed by atoms with Gasteiger partial charge in [0.1, 0.15) is 0 Å². The molecule has 10 heteroatoms. The third-order valence-corrected chi connectivity index (χ3v) is 8.67. The molecule has 2 N–H and O–H groups in total. The molecule has 0 amide bonds. The summed E-state index contributed by atoms with van der Waals surface area (Å²) in [5.41, 5.74) is 1.60. The van der Waals surface area contributed by atoms with Crippen LogP contribution < -0.4 is 9.44 Å². The standard InChI is InChI=1S/C24H20Cl2N2O4S2/c1-15-7-5-11-20(25)23(15)28(24-16(2)8-6-12-21(24)26)34(31,32)22-14-18(33(27,29)30)13-17-9-3-4-10-19(17)22/h3-14H,1-2H3,(H2,27,29,30). The second-order valence-corrected chi connectivity index (χ2v) is 11.9. The van der Waals surface area contributed by atoms with Crippen molar-refractivity contribution >= 4 is 65.4 Å². The predicted octanol–water partition coefficient (Wildman–Crippen LogP) is 5.94. The molecule has 6 nitrogen and oxygen atoms in total. The topological polar surface area (TPSA) is 97.5 Å². The van der Waals surface area contributed by atoms with Crippen molar-refractivity contribution in [2.45, 2.75) is 23.6 Å². The minimum absolute atomic E-state index is 0.190. The van der Waals surface area contributed by atoms with Crippen LogP contribution in [0.15, 0.2) is 82.6 Å². The average Bonchev–Trinajstić information content (AvgIpc) is 2.76. The highest BCUT2D eigenvalue weighted by Gasteiger charge is 2.34. The molecule has 0 spiro atoms. The summed E-state index contributed by atoms with van der Waals surface area (Å²) in [6.45, 7) is 3.46. The number of benzene rings is 4. The van der Waals surface area contributed by atoms with Gasteiger partial charge in [0.15, 0.2) is 0 Å². The lowest BCUT2D eigenvalue weighted by Crippen LogP contribution is -2.29. The lowest BCUT2D eigenvalue weighted by molar-refractivity contribution is 0.595. The van der Waals surface area contributed by atoms with Gasteiger partial charge in [0, 0.05) is 5.39 Å². The Morgan fingerprint density at radius 3 is 1.76 bits per heavy atom. The maximum Gasteiger partial charge on any atom is 0.269 e. The number of nitrogens with zero attached hydrogens (tertiary/aromatic N) is 1. The number of halogens is 2. The van der Waals surface area contributed by atoms with Crippen molar-refractivity contribution in [3.05, 3.63) is 94.0 Å². The SMILES string of the molecule is Cc1cccc(Cl)c1N(c1c(C)cccc1Cl)S(=O)(=O)c1cc(S(N)(=O)=O)cc2ccccc12. The highest BCUT2D eigenvalue weighted by molar-refractivity contribution is 7.93. The molecule has 176 valence electrons. The molecule has 0 aliphatic carbocycles. The first-order valence-electron chi connectivity index (χ1n) is 10.0. The summed E-state index contributed by atoms with van der Waals surface area (Å²) in [6, 6.07) is 19.0. The van der Waals surface area contributed by atoms with Gasteiger partial charge in [-0.1, -0.05) is 71.7 Å². The van der Waals surface area contributed by atoms with E-state index in [1.807, 2.05) is 0 Å². The number of rotatable bonds is 5. The van der Waals surface area contributed by atoms with Crippen LogP contribution in [0.4, 0.5) is 11.4 Å². The Labute approximate surface area is 208 Å². The molecule has 4 aromatic carbocycles. The number of nitrogens with two attached hydrogens (primary N) is 1. The first kappa shape index (κ1) is 24.5. The monoisotopic (exact) mass is 534 g/mol. The summed E-state index contributed by atoms with van der Waals surface area (Å²) in [6.07, 6.45) is 0. The maximum absolute atomic E-state index is 14.4. The molecule has 0 bridgehead atoms. The number of anilines is 2. The van der Waals surface area contributed by atoms with Crippen molar-refractivity contribution in [2.75, 3.05) is 4.31 Å². The van der Waals surface area contributed by atoms with Gasteiger partial charge in [-0.15, -0.1) is 0 Å². The summed E-state index contributed by atoms with van der Waals surface area (Å²) in [5, 5.41) is 6.49. The Morgan fingerprint density at radius 2 is 1.26 bits per heavy atom. The van der Waals surface area contributed by atoms with Crippen molar-refractivity contribution in [3.8, 4) is 0 Å². The highest BCUT2D eigenvalue weighted by atomic mass is 35.5. The summed E-state index contributed by atoms with van der Waals surface area (Å²) in [4.78, 5) is -0.565. The van der Waals surface area contributed by atoms with E-state index in [9.17, 15) is 16.8 Å². The van der Waals surface area contributed by atoms with Crippen LogP contribution in [-0.4, -0.2) is 16.8 Å². The van der Waals surface area contributed by atoms with E-state index in [4.69, 9.17) is 28.3 Å². The predicted molar refractivity (Wildman–Crippen MR) is 137 cm³/mol. The largest absolute Gasteiger partial charge is 0.269 e. The van der Waals surface area contributed by atoms with Crippen LogP contribution in [-0.2, 0) is 20.0 Å². The number of aryl methyl sites for hydroxylation is 2. The summed E-state index contributed by atoms with van der Waals surface area (Å²) in [5.74, 6) is 0. The molecule has 4 aromatic rings. The van der Waals surface area contributed by atoms with Crippen LogP contribution >= 0.6 is 23.2 Å². The molecule has 0 unspecified atom stereocenters. The summed E-state index contributed by atoms with van der Waals surface area (Å²) >= 11 is 13.1. The van der Waals surface area contributed by atoms with E-state index in [1.54, 1.807) is 74.5 Å². The molecule has 34 heavy (non-hydrogen) atoms. The van der Waals surface area contributed by atoms with E-state index in [0.717, 1.165) is 10.4 Å². The molecular weight excluding hydrogens is 515 g/mol. The van der Waals surface area contributed by atoms with Crippen LogP contribution in [0.25, 0.3) is 10.8 Å². The zero-order chi connectivity index (χ0) is 24.8. The average molecular weight is 535 g/mol. The minimum Gasteiger partial charge on any atom is -0.231 e. The van der Waals surface area contributed by atoms with Crippen molar-refractivity contribution in [3.63, 3.8) is 0 Å². The van der Waals surface area contributed by atoms with Gasteiger partial charge >= 0.3 is 0 Å². The summed E-state index contributed by atoms with van der Waals surface area (Å²) < 4.78 is 54.3. The molecule has 0 radical (unpaired) electrons. The number of fused-ring (bicyclic) bond motifs is 1. The van der Waals surface area contributed by atoms with Crippen LogP contribution in [0, 0.1) is 13.8 Å². The molecule has 0 saturated carbocycles. The van der Waals surface area contributed by atoms with Gasteiger partial charge < -0.3 is 0 Å². The van der Waals surface area contributed by atoms with E-state index in [1.165, 1.54) is 6.07 Å². The van der Waals surface area contributed by atoms with Crippen LogP contribution in [0.1, 0.15) is 11.1 Å². The third-order valence-electron chi connectivity index (χ3n) is 5.43. The van der Waals surface area contributed by atoms with E-state index in [-0.39, 0.29) is 31.2 Å². The molecule has 0 aliphatic rings. The second kappa shape index (κ2) is 8.87. The zero-order valence-electron chi connectivity index (χ0n) is 18.2. The second-order valence-electron chi connectivity index (χ2n) is 7.77. The van der Waals surface area contributed by atoms with Gasteiger partial charge in [-0.2, -0.15) is 0 Å². The van der Waals surface area contributed by atoms with E-state index in [2.05, 4.69) is 0 Å². The third kappa shape index (κ3) is 4.28. The molecule has 0 saturated heterocycles. The normalized spacial score (nSPS) is 12.1. The van der Waals surface area contributed by atoms with Crippen molar-refractivity contribution < 1.29 is 16.8 Å². The van der Waals surface area contributed by atoms with E-state index in [0.29, 0.717) is 21.9 Å². The molecule has 0 aromatic heterocycles. The Morgan fingerprint density at radius 1 is 0.735 bits per heavy atom. The number of hydrogen-bond acceptors (Lipinski definition) is 4. The fourth-order valence-electron chi connectivity index (χ4n) is 3.84. The number of primary sulfonamides is 1. The van der Waals surface area contributed by atoms with Gasteiger partial charge in [-0.25, -0.2) is 26.3 Å². The number of hydrogen-bond donors (Lipinski definition) is 1. The summed E-state index contributed by atoms with van der Waals surface area (Å²) in [7, 11) is -8.66. The first-order chi connectivity index (χ1) is 15.9. The minimum atomic E-state index is -4.46. The van der Waals surface area contributed by atoms with Crippen LogP contribution in [0.3, 0.4) is 0 Å². The van der Waals surface area contributed by atoms with Gasteiger partial charge in [-0.05, 0) is 54.6 Å². The Kier molecular flexibility index (Phi) is 6.39. The smallest absolute Gasteiger partial charge is 0.231 e. The van der Waals surface area contributed by atoms with E-state index >= 15 is 0 Å².